The van der Waals surface area contributed by atoms with Gasteiger partial charge in [-0.1, -0.05) is 65.1 Å². The topological polar surface area (TPSA) is 114 Å². The van der Waals surface area contributed by atoms with Crippen LogP contribution in [0.5, 0.6) is 5.75 Å². The van der Waals surface area contributed by atoms with E-state index in [1.54, 1.807) is 32.9 Å². The Hall–Kier alpha value is -3.44. The van der Waals surface area contributed by atoms with Crippen molar-refractivity contribution in [1.29, 1.82) is 0 Å². The summed E-state index contributed by atoms with van der Waals surface area (Å²) in [7, 11) is -2.72. The number of benzene rings is 3. The highest BCUT2D eigenvalue weighted by Gasteiger charge is 2.33. The Bertz CT molecular complexity index is 1280. The van der Waals surface area contributed by atoms with Gasteiger partial charge in [-0.3, -0.25) is 4.84 Å². The SMILES string of the molecule is COc1ccc(S(=O)(=O)N(CC(O)C(Cc2ccccc2)NC(=O)OC(C)(C)C)OCc2ccccc2)cc1. The zero-order chi connectivity index (χ0) is 28.5. The Labute approximate surface area is 230 Å². The van der Waals surface area contributed by atoms with Gasteiger partial charge in [0.15, 0.2) is 0 Å². The van der Waals surface area contributed by atoms with Gasteiger partial charge in [0.05, 0.1) is 37.3 Å². The fraction of sp³-hybridized carbons (Fsp3) is 0.345. The number of carbonyl (C=O) groups excluding carboxylic acids is 1. The molecule has 3 rings (SSSR count). The van der Waals surface area contributed by atoms with Crippen LogP contribution < -0.4 is 10.1 Å². The first-order valence-corrected chi connectivity index (χ1v) is 14.0. The number of nitrogens with one attached hydrogen (secondary N) is 1. The lowest BCUT2D eigenvalue weighted by Gasteiger charge is -2.30. The maximum Gasteiger partial charge on any atom is 0.407 e. The van der Waals surface area contributed by atoms with E-state index < -0.39 is 40.4 Å². The van der Waals surface area contributed by atoms with E-state index in [0.717, 1.165) is 15.6 Å². The van der Waals surface area contributed by atoms with E-state index in [2.05, 4.69) is 5.32 Å². The Morgan fingerprint density at radius 1 is 0.923 bits per heavy atom. The molecule has 2 unspecified atom stereocenters. The monoisotopic (exact) mass is 556 g/mol. The van der Waals surface area contributed by atoms with Gasteiger partial charge in [0.25, 0.3) is 10.0 Å². The van der Waals surface area contributed by atoms with Crippen molar-refractivity contribution in [2.24, 2.45) is 0 Å². The number of ether oxygens (including phenoxy) is 2. The van der Waals surface area contributed by atoms with Gasteiger partial charge in [0.2, 0.25) is 0 Å². The molecule has 3 aromatic carbocycles. The van der Waals surface area contributed by atoms with E-state index in [4.69, 9.17) is 14.3 Å². The number of sulfonamides is 1. The molecule has 2 N–H and O–H groups in total. The molecule has 0 saturated heterocycles. The van der Waals surface area contributed by atoms with Gasteiger partial charge in [-0.2, -0.15) is 0 Å². The number of aliphatic hydroxyl groups excluding tert-OH is 1. The number of hydroxylamine groups is 1. The second-order valence-corrected chi connectivity index (χ2v) is 11.8. The summed E-state index contributed by atoms with van der Waals surface area (Å²) in [6.45, 7) is 4.70. The molecule has 0 spiro atoms. The summed E-state index contributed by atoms with van der Waals surface area (Å²) < 4.78 is 38.5. The van der Waals surface area contributed by atoms with Crippen LogP contribution in [0.15, 0.2) is 89.8 Å². The first kappa shape index (κ1) is 30.1. The third-order valence-corrected chi connectivity index (χ3v) is 7.30. The third-order valence-electron chi connectivity index (χ3n) is 5.64. The Morgan fingerprint density at radius 2 is 1.49 bits per heavy atom. The normalized spacial score (nSPS) is 13.5. The van der Waals surface area contributed by atoms with E-state index in [9.17, 15) is 18.3 Å². The van der Waals surface area contributed by atoms with Gasteiger partial charge in [0.1, 0.15) is 11.4 Å². The first-order chi connectivity index (χ1) is 18.5. The molecule has 9 nitrogen and oxygen atoms in total. The number of carbonyl (C=O) groups is 1. The molecule has 0 aliphatic heterocycles. The molecule has 0 aliphatic rings. The number of hydrogen-bond donors (Lipinski definition) is 2. The van der Waals surface area contributed by atoms with Crippen molar-refractivity contribution in [2.75, 3.05) is 13.7 Å². The fourth-order valence-electron chi connectivity index (χ4n) is 3.70. The van der Waals surface area contributed by atoms with Gasteiger partial charge in [-0.25, -0.2) is 13.2 Å². The van der Waals surface area contributed by atoms with E-state index >= 15 is 0 Å². The smallest absolute Gasteiger partial charge is 0.407 e. The minimum absolute atomic E-state index is 0.0386. The number of aliphatic hydroxyl groups is 1. The molecule has 0 aromatic heterocycles. The van der Waals surface area contributed by atoms with E-state index in [0.29, 0.717) is 5.75 Å². The maximum atomic E-state index is 13.6. The quantitative estimate of drug-likeness (QED) is 0.320. The Kier molecular flexibility index (Phi) is 10.5. The number of amides is 1. The van der Waals surface area contributed by atoms with Crippen LogP contribution in [-0.4, -0.2) is 55.5 Å². The third kappa shape index (κ3) is 9.36. The van der Waals surface area contributed by atoms with Crippen LogP contribution in [0.2, 0.25) is 0 Å². The molecule has 10 heteroatoms. The molecule has 0 heterocycles. The van der Waals surface area contributed by atoms with Crippen molar-refractivity contribution in [3.63, 3.8) is 0 Å². The number of methoxy groups -OCH3 is 1. The lowest BCUT2D eigenvalue weighted by Crippen LogP contribution is -2.51. The molecule has 3 aromatic rings. The molecule has 0 aliphatic carbocycles. The number of nitrogens with zero attached hydrogens (tertiary/aromatic N) is 1. The van der Waals surface area contributed by atoms with Gasteiger partial charge in [-0.15, -0.1) is 0 Å². The molecule has 1 amide bonds. The van der Waals surface area contributed by atoms with Crippen molar-refractivity contribution in [3.8, 4) is 5.75 Å². The van der Waals surface area contributed by atoms with Crippen molar-refractivity contribution < 1.29 is 32.6 Å². The summed E-state index contributed by atoms with van der Waals surface area (Å²) in [5, 5.41) is 14.0. The number of rotatable bonds is 12. The fourth-order valence-corrected chi connectivity index (χ4v) is 4.95. The standard InChI is InChI=1S/C29H36N2O7S/c1-29(2,3)38-28(33)30-26(19-22-11-7-5-8-12-22)27(32)20-31(37-21-23-13-9-6-10-14-23)39(34,35)25-17-15-24(36-4)16-18-25/h5-18,26-27,32H,19-21H2,1-4H3,(H,30,33). The second kappa shape index (κ2) is 13.6. The van der Waals surface area contributed by atoms with Crippen molar-refractivity contribution in [1.82, 2.24) is 9.79 Å². The molecule has 39 heavy (non-hydrogen) atoms. The van der Waals surface area contributed by atoms with Crippen LogP contribution in [0.3, 0.4) is 0 Å². The van der Waals surface area contributed by atoms with Gasteiger partial charge in [-0.05, 0) is 62.6 Å². The van der Waals surface area contributed by atoms with Crippen LogP contribution in [0.1, 0.15) is 31.9 Å². The van der Waals surface area contributed by atoms with Crippen LogP contribution in [0, 0.1) is 0 Å². The minimum atomic E-state index is -4.20. The zero-order valence-electron chi connectivity index (χ0n) is 22.6. The van der Waals surface area contributed by atoms with E-state index in [1.807, 2.05) is 48.5 Å². The highest BCUT2D eigenvalue weighted by atomic mass is 32.2. The Morgan fingerprint density at radius 3 is 2.03 bits per heavy atom. The van der Waals surface area contributed by atoms with Crippen LogP contribution in [0.4, 0.5) is 4.79 Å². The summed E-state index contributed by atoms with van der Waals surface area (Å²) in [5.41, 5.74) is 0.830. The summed E-state index contributed by atoms with van der Waals surface area (Å²) in [6.07, 6.45) is -1.84. The number of alkyl carbamates (subject to hydrolysis) is 1. The largest absolute Gasteiger partial charge is 0.497 e. The summed E-state index contributed by atoms with van der Waals surface area (Å²) in [5.74, 6) is 0.496. The summed E-state index contributed by atoms with van der Waals surface area (Å²) >= 11 is 0. The van der Waals surface area contributed by atoms with Crippen molar-refractivity contribution in [3.05, 3.63) is 96.1 Å². The van der Waals surface area contributed by atoms with E-state index in [-0.39, 0.29) is 17.9 Å². The van der Waals surface area contributed by atoms with Crippen molar-refractivity contribution in [2.45, 2.75) is 56.4 Å². The van der Waals surface area contributed by atoms with Gasteiger partial charge in [0, 0.05) is 0 Å². The maximum absolute atomic E-state index is 13.6. The molecule has 0 bridgehead atoms. The van der Waals surface area contributed by atoms with Crippen molar-refractivity contribution >= 4 is 16.1 Å². The highest BCUT2D eigenvalue weighted by Crippen LogP contribution is 2.22. The lowest BCUT2D eigenvalue weighted by molar-refractivity contribution is -0.116. The summed E-state index contributed by atoms with van der Waals surface area (Å²) in [6, 6.07) is 23.3. The van der Waals surface area contributed by atoms with Crippen LogP contribution in [-0.2, 0) is 32.6 Å². The molecule has 0 fully saturated rings. The average Bonchev–Trinajstić information content (AvgIpc) is 2.90. The van der Waals surface area contributed by atoms with E-state index in [1.165, 1.54) is 31.4 Å². The molecule has 0 radical (unpaired) electrons. The average molecular weight is 557 g/mol. The first-order valence-electron chi connectivity index (χ1n) is 12.5. The predicted molar refractivity (Wildman–Crippen MR) is 147 cm³/mol. The molecule has 2 atom stereocenters. The molecular formula is C29H36N2O7S. The van der Waals surface area contributed by atoms with Crippen LogP contribution in [0.25, 0.3) is 0 Å². The Balaban J connectivity index is 1.88. The van der Waals surface area contributed by atoms with Crippen LogP contribution >= 0.6 is 0 Å². The number of hydrogen-bond acceptors (Lipinski definition) is 7. The highest BCUT2D eigenvalue weighted by molar-refractivity contribution is 7.89. The molecular weight excluding hydrogens is 520 g/mol. The minimum Gasteiger partial charge on any atom is -0.497 e. The van der Waals surface area contributed by atoms with Gasteiger partial charge >= 0.3 is 6.09 Å². The predicted octanol–water partition coefficient (Wildman–Crippen LogP) is 4.31. The van der Waals surface area contributed by atoms with Gasteiger partial charge < -0.3 is 19.9 Å². The molecule has 0 saturated carbocycles. The zero-order valence-corrected chi connectivity index (χ0v) is 23.4. The lowest BCUT2D eigenvalue weighted by atomic mass is 10.0. The second-order valence-electron chi connectivity index (χ2n) is 9.93. The molecule has 210 valence electrons. The summed E-state index contributed by atoms with van der Waals surface area (Å²) in [4.78, 5) is 18.4.